The molecule has 0 unspecified atom stereocenters. The van der Waals surface area contributed by atoms with Gasteiger partial charge >= 0.3 is 12.1 Å². The number of para-hydroxylation sites is 1. The van der Waals surface area contributed by atoms with E-state index in [4.69, 9.17) is 0 Å². The van der Waals surface area contributed by atoms with E-state index < -0.39 is 17.7 Å². The van der Waals surface area contributed by atoms with Crippen molar-refractivity contribution in [2.45, 2.75) is 33.0 Å². The Kier molecular flexibility index (Phi) is 5.55. The van der Waals surface area contributed by atoms with Gasteiger partial charge < -0.3 is 9.67 Å². The molecule has 0 fully saturated rings. The fraction of sp³-hybridized carbons (Fsp3) is 0.192. The quantitative estimate of drug-likeness (QED) is 0.382. The summed E-state index contributed by atoms with van der Waals surface area (Å²) in [5.74, 6) is -1.10. The summed E-state index contributed by atoms with van der Waals surface area (Å²) in [5.41, 5.74) is 4.15. The SMILES string of the molecule is Cc1cc(C)cc(Cn2c(C(=O)O)c(Cc3cccc(C(F)(F)F)c3)c3ccccc32)c1. The summed E-state index contributed by atoms with van der Waals surface area (Å²) < 4.78 is 41.3. The second kappa shape index (κ2) is 8.19. The highest BCUT2D eigenvalue weighted by molar-refractivity contribution is 5.98. The molecule has 0 saturated heterocycles. The molecule has 1 N–H and O–H groups in total. The van der Waals surface area contributed by atoms with Crippen LogP contribution in [-0.4, -0.2) is 15.6 Å². The molecule has 0 spiro atoms. The van der Waals surface area contributed by atoms with E-state index in [1.165, 1.54) is 6.07 Å². The lowest BCUT2D eigenvalue weighted by atomic mass is 10.00. The summed E-state index contributed by atoms with van der Waals surface area (Å²) in [7, 11) is 0. The minimum absolute atomic E-state index is 0.0892. The van der Waals surface area contributed by atoms with Crippen LogP contribution >= 0.6 is 0 Å². The van der Waals surface area contributed by atoms with Crippen molar-refractivity contribution < 1.29 is 23.1 Å². The summed E-state index contributed by atoms with van der Waals surface area (Å²) in [6.45, 7) is 4.33. The smallest absolute Gasteiger partial charge is 0.416 e. The van der Waals surface area contributed by atoms with Crippen LogP contribution in [0.5, 0.6) is 0 Å². The molecule has 0 saturated carbocycles. The van der Waals surface area contributed by atoms with E-state index in [0.29, 0.717) is 17.7 Å². The van der Waals surface area contributed by atoms with Crippen LogP contribution < -0.4 is 0 Å². The largest absolute Gasteiger partial charge is 0.477 e. The number of aryl methyl sites for hydroxylation is 2. The van der Waals surface area contributed by atoms with E-state index >= 15 is 0 Å². The van der Waals surface area contributed by atoms with Crippen molar-refractivity contribution in [2.75, 3.05) is 0 Å². The van der Waals surface area contributed by atoms with Gasteiger partial charge in [-0.15, -0.1) is 0 Å². The van der Waals surface area contributed by atoms with Crippen LogP contribution in [0.4, 0.5) is 13.2 Å². The second-order valence-electron chi connectivity index (χ2n) is 8.11. The maximum Gasteiger partial charge on any atom is 0.416 e. The Bertz CT molecular complexity index is 1300. The zero-order valence-electron chi connectivity index (χ0n) is 17.7. The van der Waals surface area contributed by atoms with Crippen LogP contribution in [-0.2, 0) is 19.1 Å². The molecular formula is C26H22F3NO2. The Morgan fingerprint density at radius 2 is 1.59 bits per heavy atom. The molecule has 0 aliphatic rings. The van der Waals surface area contributed by atoms with E-state index in [0.717, 1.165) is 39.7 Å². The van der Waals surface area contributed by atoms with Crippen molar-refractivity contribution in [3.05, 3.63) is 106 Å². The van der Waals surface area contributed by atoms with Crippen LogP contribution in [0.2, 0.25) is 0 Å². The first-order valence-corrected chi connectivity index (χ1v) is 10.2. The third-order valence-electron chi connectivity index (χ3n) is 5.54. The highest BCUT2D eigenvalue weighted by atomic mass is 19.4. The first-order chi connectivity index (χ1) is 15.1. The minimum Gasteiger partial charge on any atom is -0.477 e. The van der Waals surface area contributed by atoms with E-state index in [1.54, 1.807) is 10.6 Å². The van der Waals surface area contributed by atoms with E-state index in [-0.39, 0.29) is 12.1 Å². The van der Waals surface area contributed by atoms with E-state index in [9.17, 15) is 23.1 Å². The monoisotopic (exact) mass is 437 g/mol. The predicted molar refractivity (Wildman–Crippen MR) is 118 cm³/mol. The number of carbonyl (C=O) groups is 1. The highest BCUT2D eigenvalue weighted by Crippen LogP contribution is 2.33. The Morgan fingerprint density at radius 3 is 2.25 bits per heavy atom. The van der Waals surface area contributed by atoms with E-state index in [2.05, 4.69) is 6.07 Å². The fourth-order valence-corrected chi connectivity index (χ4v) is 4.37. The summed E-state index contributed by atoms with van der Waals surface area (Å²) in [4.78, 5) is 12.4. The number of aromatic nitrogens is 1. The summed E-state index contributed by atoms with van der Waals surface area (Å²) in [5, 5.41) is 10.8. The van der Waals surface area contributed by atoms with Gasteiger partial charge in [0.2, 0.25) is 0 Å². The molecule has 32 heavy (non-hydrogen) atoms. The minimum atomic E-state index is -4.46. The van der Waals surface area contributed by atoms with Gasteiger partial charge in [0.25, 0.3) is 0 Å². The van der Waals surface area contributed by atoms with Gasteiger partial charge in [-0.05, 0) is 42.7 Å². The van der Waals surface area contributed by atoms with Crippen LogP contribution in [0.25, 0.3) is 10.9 Å². The molecule has 0 radical (unpaired) electrons. The number of benzene rings is 3. The number of alkyl halides is 3. The van der Waals surface area contributed by atoms with Crippen molar-refractivity contribution >= 4 is 16.9 Å². The average molecular weight is 437 g/mol. The molecule has 6 heteroatoms. The molecule has 0 amide bonds. The summed E-state index contributed by atoms with van der Waals surface area (Å²) >= 11 is 0. The normalized spacial score (nSPS) is 11.8. The maximum absolute atomic E-state index is 13.2. The van der Waals surface area contributed by atoms with Crippen molar-refractivity contribution in [3.8, 4) is 0 Å². The number of nitrogens with zero attached hydrogens (tertiary/aromatic N) is 1. The van der Waals surface area contributed by atoms with Crippen molar-refractivity contribution in [3.63, 3.8) is 0 Å². The molecule has 0 aliphatic carbocycles. The van der Waals surface area contributed by atoms with Crippen LogP contribution in [0, 0.1) is 13.8 Å². The Morgan fingerprint density at radius 1 is 0.906 bits per heavy atom. The average Bonchev–Trinajstić information content (AvgIpc) is 3.00. The van der Waals surface area contributed by atoms with E-state index in [1.807, 2.05) is 50.2 Å². The van der Waals surface area contributed by atoms with Gasteiger partial charge in [0.1, 0.15) is 5.69 Å². The van der Waals surface area contributed by atoms with Gasteiger partial charge in [0, 0.05) is 23.9 Å². The van der Waals surface area contributed by atoms with Gasteiger partial charge in [-0.25, -0.2) is 4.79 Å². The summed E-state index contributed by atoms with van der Waals surface area (Å²) in [6, 6.07) is 18.4. The summed E-state index contributed by atoms with van der Waals surface area (Å²) in [6.07, 6.45) is -4.37. The Balaban J connectivity index is 1.87. The Labute approximate surface area is 183 Å². The molecule has 1 heterocycles. The lowest BCUT2D eigenvalue weighted by molar-refractivity contribution is -0.137. The second-order valence-corrected chi connectivity index (χ2v) is 8.11. The zero-order valence-corrected chi connectivity index (χ0v) is 17.7. The van der Waals surface area contributed by atoms with Crippen LogP contribution in [0.3, 0.4) is 0 Å². The first kappa shape index (κ1) is 21.7. The molecule has 1 aromatic heterocycles. The van der Waals surface area contributed by atoms with Gasteiger partial charge in [-0.1, -0.05) is 65.7 Å². The highest BCUT2D eigenvalue weighted by Gasteiger charge is 2.30. The lowest BCUT2D eigenvalue weighted by Gasteiger charge is -2.12. The Hall–Kier alpha value is -3.54. The number of halogens is 3. The molecule has 3 nitrogen and oxygen atoms in total. The molecule has 0 atom stereocenters. The van der Waals surface area contributed by atoms with Crippen molar-refractivity contribution in [2.24, 2.45) is 0 Å². The molecular weight excluding hydrogens is 415 g/mol. The number of hydrogen-bond acceptors (Lipinski definition) is 1. The molecule has 164 valence electrons. The third-order valence-corrected chi connectivity index (χ3v) is 5.54. The fourth-order valence-electron chi connectivity index (χ4n) is 4.37. The first-order valence-electron chi connectivity index (χ1n) is 10.2. The van der Waals surface area contributed by atoms with Gasteiger partial charge in [-0.2, -0.15) is 13.2 Å². The molecule has 4 aromatic rings. The standard InChI is InChI=1S/C26H22F3NO2/c1-16-10-17(2)12-19(11-16)15-30-23-9-4-3-8-21(23)22(24(30)25(31)32)14-18-6-5-7-20(13-18)26(27,28)29/h3-13H,14-15H2,1-2H3,(H,31,32). The predicted octanol–water partition coefficient (Wildman–Crippen LogP) is 6.61. The number of carboxylic acid groups (broad SMARTS) is 1. The lowest BCUT2D eigenvalue weighted by Crippen LogP contribution is -2.12. The molecule has 4 rings (SSSR count). The van der Waals surface area contributed by atoms with Crippen molar-refractivity contribution in [1.29, 1.82) is 0 Å². The topological polar surface area (TPSA) is 42.2 Å². The van der Waals surface area contributed by atoms with Gasteiger partial charge in [0.05, 0.1) is 5.56 Å². The third kappa shape index (κ3) is 4.26. The molecule has 0 bridgehead atoms. The number of aromatic carboxylic acids is 1. The maximum atomic E-state index is 13.2. The molecule has 0 aliphatic heterocycles. The van der Waals surface area contributed by atoms with Crippen LogP contribution in [0.15, 0.2) is 66.7 Å². The van der Waals surface area contributed by atoms with Crippen LogP contribution in [0.1, 0.15) is 43.9 Å². The molecule has 3 aromatic carbocycles. The van der Waals surface area contributed by atoms with Crippen molar-refractivity contribution in [1.82, 2.24) is 4.57 Å². The number of fused-ring (bicyclic) bond motifs is 1. The zero-order chi connectivity index (χ0) is 23.0. The number of hydrogen-bond donors (Lipinski definition) is 1. The number of carboxylic acids is 1. The number of rotatable bonds is 5. The van der Waals surface area contributed by atoms with Gasteiger partial charge in [0.15, 0.2) is 0 Å². The van der Waals surface area contributed by atoms with Gasteiger partial charge in [-0.3, -0.25) is 0 Å².